The van der Waals surface area contributed by atoms with Crippen LogP contribution in [-0.2, 0) is 9.47 Å². The number of hydrogen-bond acceptors (Lipinski definition) is 4. The quantitative estimate of drug-likeness (QED) is 0.593. The number of para-hydroxylation sites is 1. The molecule has 21 heavy (non-hydrogen) atoms. The molecule has 0 atom stereocenters. The summed E-state index contributed by atoms with van der Waals surface area (Å²) in [4.78, 5) is 3.92. The summed E-state index contributed by atoms with van der Waals surface area (Å²) in [6.45, 7) is 4.02. The lowest BCUT2D eigenvalue weighted by Crippen LogP contribution is -2.14. The molecule has 0 unspecified atom stereocenters. The Morgan fingerprint density at radius 3 is 2.57 bits per heavy atom. The number of nitrogens with zero attached hydrogens (tertiary/aromatic N) is 1. The monoisotopic (exact) mass is 305 g/mol. The number of benzene rings is 1. The van der Waals surface area contributed by atoms with Crippen LogP contribution in [0.1, 0.15) is 5.56 Å². The molecule has 0 bridgehead atoms. The highest BCUT2D eigenvalue weighted by molar-refractivity contribution is 6.29. The molecule has 4 nitrogen and oxygen atoms in total. The second-order valence-electron chi connectivity index (χ2n) is 4.24. The standard InChI is InChI=1S/C16H16ClNO3/c1-11(16(19-2)20-3)13-6-4-5-7-14(13)21-12-8-9-18-15(17)10-12/h4-10,16H,1H2,2-3H3. The molecule has 0 amide bonds. The molecule has 0 saturated heterocycles. The van der Waals surface area contributed by atoms with E-state index < -0.39 is 6.29 Å². The van der Waals surface area contributed by atoms with Crippen LogP contribution < -0.4 is 4.74 Å². The molecule has 1 aromatic heterocycles. The molecule has 110 valence electrons. The minimum Gasteiger partial charge on any atom is -0.457 e. The van der Waals surface area contributed by atoms with Crippen LogP contribution in [0.5, 0.6) is 11.5 Å². The van der Waals surface area contributed by atoms with Crippen molar-refractivity contribution in [3.63, 3.8) is 0 Å². The van der Waals surface area contributed by atoms with E-state index in [0.717, 1.165) is 5.56 Å². The van der Waals surface area contributed by atoms with Crippen molar-refractivity contribution >= 4 is 17.2 Å². The first kappa shape index (κ1) is 15.5. The minimum atomic E-state index is -0.532. The summed E-state index contributed by atoms with van der Waals surface area (Å²) in [6, 6.07) is 10.9. The maximum absolute atomic E-state index is 5.86. The Morgan fingerprint density at radius 2 is 1.90 bits per heavy atom. The first-order chi connectivity index (χ1) is 10.2. The molecule has 0 aliphatic rings. The van der Waals surface area contributed by atoms with E-state index in [9.17, 15) is 0 Å². The summed E-state index contributed by atoms with van der Waals surface area (Å²) in [5, 5.41) is 0.371. The lowest BCUT2D eigenvalue weighted by Gasteiger charge is -2.19. The fourth-order valence-electron chi connectivity index (χ4n) is 1.90. The predicted molar refractivity (Wildman–Crippen MR) is 82.6 cm³/mol. The van der Waals surface area contributed by atoms with Gasteiger partial charge >= 0.3 is 0 Å². The molecule has 0 aliphatic heterocycles. The lowest BCUT2D eigenvalue weighted by atomic mass is 10.1. The zero-order valence-corrected chi connectivity index (χ0v) is 12.6. The summed E-state index contributed by atoms with van der Waals surface area (Å²) in [5.41, 5.74) is 1.48. The molecule has 0 radical (unpaired) electrons. The average molecular weight is 306 g/mol. The molecule has 0 fully saturated rings. The van der Waals surface area contributed by atoms with E-state index in [1.807, 2.05) is 24.3 Å². The summed E-state index contributed by atoms with van der Waals surface area (Å²) in [5.74, 6) is 1.24. The van der Waals surface area contributed by atoms with Crippen LogP contribution in [0.4, 0.5) is 0 Å². The van der Waals surface area contributed by atoms with Gasteiger partial charge in [-0.1, -0.05) is 36.4 Å². The molecule has 0 aliphatic carbocycles. The number of rotatable bonds is 6. The van der Waals surface area contributed by atoms with Gasteiger partial charge in [-0.25, -0.2) is 4.98 Å². The molecule has 1 aromatic carbocycles. The fourth-order valence-corrected chi connectivity index (χ4v) is 2.07. The molecule has 5 heteroatoms. The van der Waals surface area contributed by atoms with Crippen molar-refractivity contribution in [2.45, 2.75) is 6.29 Å². The fraction of sp³-hybridized carbons (Fsp3) is 0.188. The van der Waals surface area contributed by atoms with Crippen molar-refractivity contribution in [2.24, 2.45) is 0 Å². The zero-order chi connectivity index (χ0) is 15.2. The van der Waals surface area contributed by atoms with Crippen LogP contribution in [0.15, 0.2) is 49.2 Å². The van der Waals surface area contributed by atoms with Gasteiger partial charge in [-0.15, -0.1) is 0 Å². The van der Waals surface area contributed by atoms with Gasteiger partial charge in [0, 0.05) is 37.6 Å². The van der Waals surface area contributed by atoms with Gasteiger partial charge < -0.3 is 14.2 Å². The SMILES string of the molecule is C=C(c1ccccc1Oc1ccnc(Cl)c1)C(OC)OC. The summed E-state index contributed by atoms with van der Waals surface area (Å²) in [7, 11) is 3.12. The van der Waals surface area contributed by atoms with Crippen LogP contribution >= 0.6 is 11.6 Å². The van der Waals surface area contributed by atoms with Gasteiger partial charge in [-0.05, 0) is 12.1 Å². The van der Waals surface area contributed by atoms with E-state index in [2.05, 4.69) is 11.6 Å². The number of methoxy groups -OCH3 is 2. The van der Waals surface area contributed by atoms with Crippen molar-refractivity contribution in [1.29, 1.82) is 0 Å². The topological polar surface area (TPSA) is 40.6 Å². The predicted octanol–water partition coefficient (Wildman–Crippen LogP) is 4.16. The van der Waals surface area contributed by atoms with Gasteiger partial charge in [-0.2, -0.15) is 0 Å². The molecular weight excluding hydrogens is 290 g/mol. The second-order valence-corrected chi connectivity index (χ2v) is 4.63. The Labute approximate surface area is 128 Å². The largest absolute Gasteiger partial charge is 0.457 e. The summed E-state index contributed by atoms with van der Waals surface area (Å²) >= 11 is 5.86. The van der Waals surface area contributed by atoms with Crippen LogP contribution in [0, 0.1) is 0 Å². The van der Waals surface area contributed by atoms with Crippen molar-refractivity contribution < 1.29 is 14.2 Å². The maximum Gasteiger partial charge on any atom is 0.183 e. The molecule has 1 heterocycles. The van der Waals surface area contributed by atoms with E-state index in [1.165, 1.54) is 0 Å². The Balaban J connectivity index is 2.31. The molecule has 2 aromatic rings. The maximum atomic E-state index is 5.86. The highest BCUT2D eigenvalue weighted by Gasteiger charge is 2.16. The van der Waals surface area contributed by atoms with Crippen molar-refractivity contribution in [3.8, 4) is 11.5 Å². The van der Waals surface area contributed by atoms with Crippen LogP contribution in [0.2, 0.25) is 5.15 Å². The Hall–Kier alpha value is -1.88. The molecule has 2 rings (SSSR count). The summed E-state index contributed by atoms with van der Waals surface area (Å²) in [6.07, 6.45) is 1.05. The third kappa shape index (κ3) is 3.82. The highest BCUT2D eigenvalue weighted by atomic mass is 35.5. The zero-order valence-electron chi connectivity index (χ0n) is 11.9. The van der Waals surface area contributed by atoms with Gasteiger partial charge in [-0.3, -0.25) is 0 Å². The minimum absolute atomic E-state index is 0.371. The van der Waals surface area contributed by atoms with Crippen LogP contribution in [0.25, 0.3) is 5.57 Å². The first-order valence-electron chi connectivity index (χ1n) is 6.29. The number of halogens is 1. The van der Waals surface area contributed by atoms with E-state index in [4.69, 9.17) is 25.8 Å². The Kier molecular flexibility index (Phi) is 5.33. The highest BCUT2D eigenvalue weighted by Crippen LogP contribution is 2.32. The average Bonchev–Trinajstić information content (AvgIpc) is 2.49. The number of pyridine rings is 1. The third-order valence-electron chi connectivity index (χ3n) is 2.87. The van der Waals surface area contributed by atoms with Crippen molar-refractivity contribution in [2.75, 3.05) is 14.2 Å². The smallest absolute Gasteiger partial charge is 0.183 e. The number of ether oxygens (including phenoxy) is 3. The normalized spacial score (nSPS) is 10.7. The van der Waals surface area contributed by atoms with E-state index in [-0.39, 0.29) is 0 Å². The van der Waals surface area contributed by atoms with Gasteiger partial charge in [0.05, 0.1) is 0 Å². The Morgan fingerprint density at radius 1 is 1.19 bits per heavy atom. The van der Waals surface area contributed by atoms with E-state index in [1.54, 1.807) is 32.5 Å². The van der Waals surface area contributed by atoms with Crippen LogP contribution in [-0.4, -0.2) is 25.5 Å². The van der Waals surface area contributed by atoms with Gasteiger partial charge in [0.2, 0.25) is 0 Å². The van der Waals surface area contributed by atoms with Crippen molar-refractivity contribution in [3.05, 3.63) is 59.9 Å². The lowest BCUT2D eigenvalue weighted by molar-refractivity contribution is -0.0588. The van der Waals surface area contributed by atoms with Gasteiger partial charge in [0.15, 0.2) is 6.29 Å². The molecule has 0 N–H and O–H groups in total. The Bertz CT molecular complexity index is 626. The first-order valence-corrected chi connectivity index (χ1v) is 6.66. The van der Waals surface area contributed by atoms with Crippen molar-refractivity contribution in [1.82, 2.24) is 4.98 Å². The van der Waals surface area contributed by atoms with Gasteiger partial charge in [0.25, 0.3) is 0 Å². The van der Waals surface area contributed by atoms with Gasteiger partial charge in [0.1, 0.15) is 16.7 Å². The van der Waals surface area contributed by atoms with E-state index in [0.29, 0.717) is 22.2 Å². The molecular formula is C16H16ClNO3. The second kappa shape index (κ2) is 7.22. The van der Waals surface area contributed by atoms with Crippen LogP contribution in [0.3, 0.4) is 0 Å². The molecule has 0 saturated carbocycles. The number of hydrogen-bond donors (Lipinski definition) is 0. The van der Waals surface area contributed by atoms with E-state index >= 15 is 0 Å². The number of aromatic nitrogens is 1. The third-order valence-corrected chi connectivity index (χ3v) is 3.08. The molecule has 0 spiro atoms. The summed E-state index contributed by atoms with van der Waals surface area (Å²) < 4.78 is 16.3.